The molecule has 1 aliphatic rings. The van der Waals surface area contributed by atoms with Crippen LogP contribution in [0.1, 0.15) is 17.6 Å². The number of rotatable bonds is 2. The van der Waals surface area contributed by atoms with Gasteiger partial charge in [0.15, 0.2) is 12.0 Å². The van der Waals surface area contributed by atoms with E-state index in [1.54, 1.807) is 24.8 Å². The molecule has 17 heavy (non-hydrogen) atoms. The molecule has 1 unspecified atom stereocenters. The molecule has 2 N–H and O–H groups in total. The van der Waals surface area contributed by atoms with E-state index < -0.39 is 0 Å². The van der Waals surface area contributed by atoms with Crippen molar-refractivity contribution in [3.05, 3.63) is 54.4 Å². The zero-order valence-corrected chi connectivity index (χ0v) is 8.91. The molecule has 6 nitrogen and oxygen atoms in total. The van der Waals surface area contributed by atoms with Crippen LogP contribution in [0, 0.1) is 0 Å². The first-order valence-corrected chi connectivity index (χ1v) is 5.20. The molecular formula is C11H10N6. The minimum absolute atomic E-state index is 0.187. The van der Waals surface area contributed by atoms with Crippen LogP contribution >= 0.6 is 0 Å². The summed E-state index contributed by atoms with van der Waals surface area (Å²) in [4.78, 5) is 16.9. The molecule has 1 aliphatic heterocycles. The van der Waals surface area contributed by atoms with E-state index in [0.717, 1.165) is 5.69 Å². The topological polar surface area (TPSA) is 75.1 Å². The Balaban J connectivity index is 1.87. The van der Waals surface area contributed by atoms with Crippen LogP contribution in [0.5, 0.6) is 0 Å². The molecule has 84 valence electrons. The largest absolute Gasteiger partial charge is 0.302 e. The fourth-order valence-corrected chi connectivity index (χ4v) is 1.56. The average Bonchev–Trinajstić information content (AvgIpc) is 2.90. The summed E-state index contributed by atoms with van der Waals surface area (Å²) in [5.74, 6) is 0.675. The summed E-state index contributed by atoms with van der Waals surface area (Å²) in [6.45, 7) is 0. The number of hydrazine groups is 1. The van der Waals surface area contributed by atoms with E-state index in [-0.39, 0.29) is 6.17 Å². The highest BCUT2D eigenvalue weighted by molar-refractivity contribution is 5.97. The van der Waals surface area contributed by atoms with E-state index >= 15 is 0 Å². The van der Waals surface area contributed by atoms with Gasteiger partial charge in [-0.05, 0) is 12.1 Å². The van der Waals surface area contributed by atoms with Crippen LogP contribution in [0.2, 0.25) is 0 Å². The van der Waals surface area contributed by atoms with E-state index in [2.05, 4.69) is 30.8 Å². The second kappa shape index (κ2) is 4.26. The van der Waals surface area contributed by atoms with Gasteiger partial charge in [0.1, 0.15) is 5.69 Å². The number of amidine groups is 1. The summed E-state index contributed by atoms with van der Waals surface area (Å²) in [6, 6.07) is 5.72. The number of aromatic nitrogens is 3. The Labute approximate surface area is 97.8 Å². The maximum Gasteiger partial charge on any atom is 0.165 e. The van der Waals surface area contributed by atoms with E-state index in [1.807, 2.05) is 18.2 Å². The third-order valence-corrected chi connectivity index (χ3v) is 2.36. The van der Waals surface area contributed by atoms with Crippen LogP contribution < -0.4 is 10.9 Å². The molecule has 0 aliphatic carbocycles. The molecule has 2 aromatic rings. The van der Waals surface area contributed by atoms with Gasteiger partial charge in [-0.3, -0.25) is 9.97 Å². The molecule has 2 aromatic heterocycles. The summed E-state index contributed by atoms with van der Waals surface area (Å²) in [7, 11) is 0. The molecule has 0 saturated heterocycles. The normalized spacial score (nSPS) is 18.6. The lowest BCUT2D eigenvalue weighted by molar-refractivity contribution is 0.561. The Bertz CT molecular complexity index is 524. The van der Waals surface area contributed by atoms with Crippen molar-refractivity contribution in [2.75, 3.05) is 0 Å². The van der Waals surface area contributed by atoms with Gasteiger partial charge < -0.3 is 5.43 Å². The van der Waals surface area contributed by atoms with E-state index in [1.165, 1.54) is 0 Å². The van der Waals surface area contributed by atoms with Crippen LogP contribution in [0.15, 0.2) is 48.0 Å². The molecule has 3 rings (SSSR count). The van der Waals surface area contributed by atoms with Crippen LogP contribution in [0.25, 0.3) is 0 Å². The predicted molar refractivity (Wildman–Crippen MR) is 61.8 cm³/mol. The summed E-state index contributed by atoms with van der Waals surface area (Å²) < 4.78 is 0. The number of aliphatic imine (C=N–C) groups is 1. The van der Waals surface area contributed by atoms with Crippen LogP contribution in [0.3, 0.4) is 0 Å². The molecule has 1 atom stereocenters. The van der Waals surface area contributed by atoms with Gasteiger partial charge in [-0.25, -0.2) is 15.4 Å². The molecule has 0 amide bonds. The molecule has 0 bridgehead atoms. The van der Waals surface area contributed by atoms with Gasteiger partial charge in [-0.2, -0.15) is 0 Å². The molecule has 6 heteroatoms. The van der Waals surface area contributed by atoms with Crippen molar-refractivity contribution in [1.82, 2.24) is 25.8 Å². The van der Waals surface area contributed by atoms with Crippen LogP contribution in [-0.2, 0) is 0 Å². The summed E-state index contributed by atoms with van der Waals surface area (Å²) in [5.41, 5.74) is 7.58. The van der Waals surface area contributed by atoms with Gasteiger partial charge in [0.2, 0.25) is 0 Å². The number of nitrogens with one attached hydrogen (secondary N) is 2. The molecule has 0 aromatic carbocycles. The lowest BCUT2D eigenvalue weighted by Gasteiger charge is -2.04. The second-order valence-corrected chi connectivity index (χ2v) is 3.49. The lowest BCUT2D eigenvalue weighted by Crippen LogP contribution is -2.32. The number of nitrogens with zero attached hydrogens (tertiary/aromatic N) is 4. The van der Waals surface area contributed by atoms with Gasteiger partial charge >= 0.3 is 0 Å². The van der Waals surface area contributed by atoms with Crippen molar-refractivity contribution in [2.45, 2.75) is 6.17 Å². The zero-order chi connectivity index (χ0) is 11.5. The molecular weight excluding hydrogens is 216 g/mol. The molecule has 0 radical (unpaired) electrons. The van der Waals surface area contributed by atoms with E-state index in [4.69, 9.17) is 0 Å². The van der Waals surface area contributed by atoms with E-state index in [9.17, 15) is 0 Å². The fraction of sp³-hybridized carbons (Fsp3) is 0.0909. The average molecular weight is 226 g/mol. The highest BCUT2D eigenvalue weighted by Gasteiger charge is 2.20. The third-order valence-electron chi connectivity index (χ3n) is 2.36. The number of hydrogen-bond donors (Lipinski definition) is 2. The van der Waals surface area contributed by atoms with Gasteiger partial charge in [-0.15, -0.1) is 0 Å². The highest BCUT2D eigenvalue weighted by atomic mass is 15.5. The first kappa shape index (κ1) is 9.86. The summed E-state index contributed by atoms with van der Waals surface area (Å²) >= 11 is 0. The Morgan fingerprint density at radius 2 is 2.06 bits per heavy atom. The first-order valence-electron chi connectivity index (χ1n) is 5.20. The van der Waals surface area contributed by atoms with Crippen LogP contribution in [0.4, 0.5) is 0 Å². The Hall–Kier alpha value is -2.34. The Kier molecular flexibility index (Phi) is 2.47. The highest BCUT2D eigenvalue weighted by Crippen LogP contribution is 2.14. The smallest absolute Gasteiger partial charge is 0.165 e. The summed E-state index contributed by atoms with van der Waals surface area (Å²) in [6.07, 6.45) is 6.48. The van der Waals surface area contributed by atoms with E-state index in [0.29, 0.717) is 11.5 Å². The Morgan fingerprint density at radius 3 is 2.82 bits per heavy atom. The first-order chi connectivity index (χ1) is 8.43. The lowest BCUT2D eigenvalue weighted by atomic mass is 10.3. The predicted octanol–water partition coefficient (Wildman–Crippen LogP) is 0.425. The van der Waals surface area contributed by atoms with Crippen molar-refractivity contribution in [2.24, 2.45) is 4.99 Å². The monoisotopic (exact) mass is 226 g/mol. The van der Waals surface area contributed by atoms with Crippen molar-refractivity contribution >= 4 is 5.84 Å². The number of pyridine rings is 1. The van der Waals surface area contributed by atoms with Gasteiger partial charge in [0.25, 0.3) is 0 Å². The number of hydrogen-bond acceptors (Lipinski definition) is 6. The molecule has 0 spiro atoms. The van der Waals surface area contributed by atoms with Crippen molar-refractivity contribution in [3.63, 3.8) is 0 Å². The van der Waals surface area contributed by atoms with Gasteiger partial charge in [0.05, 0.1) is 11.9 Å². The molecule has 0 fully saturated rings. The summed E-state index contributed by atoms with van der Waals surface area (Å²) in [5, 5.41) is 0. The van der Waals surface area contributed by atoms with Crippen LogP contribution in [-0.4, -0.2) is 20.8 Å². The zero-order valence-electron chi connectivity index (χ0n) is 8.91. The van der Waals surface area contributed by atoms with Gasteiger partial charge in [-0.1, -0.05) is 6.07 Å². The standard InChI is InChI=1S/C11H10N6/c1-2-4-13-8(3-1)10-15-11(17-16-10)9-7-12-5-6-14-9/h1-7,10,16H,(H,15,17). The molecule has 0 saturated carbocycles. The minimum Gasteiger partial charge on any atom is -0.302 e. The minimum atomic E-state index is -0.187. The Morgan fingerprint density at radius 1 is 1.06 bits per heavy atom. The maximum atomic E-state index is 4.46. The second-order valence-electron chi connectivity index (χ2n) is 3.49. The van der Waals surface area contributed by atoms with Gasteiger partial charge in [0, 0.05) is 18.6 Å². The SMILES string of the molecule is c1ccc(C2N=C(c3cnccn3)NN2)nc1. The van der Waals surface area contributed by atoms with Crippen molar-refractivity contribution in [3.8, 4) is 0 Å². The fourth-order valence-electron chi connectivity index (χ4n) is 1.56. The van der Waals surface area contributed by atoms with Crippen molar-refractivity contribution in [1.29, 1.82) is 0 Å². The van der Waals surface area contributed by atoms with Crippen molar-refractivity contribution < 1.29 is 0 Å². The third kappa shape index (κ3) is 1.98. The molecule has 3 heterocycles. The maximum absolute atomic E-state index is 4.46. The quantitative estimate of drug-likeness (QED) is 0.776.